The van der Waals surface area contributed by atoms with E-state index >= 15 is 0 Å². The van der Waals surface area contributed by atoms with Crippen molar-refractivity contribution in [2.45, 2.75) is 32.2 Å². The Morgan fingerprint density at radius 2 is 2.06 bits per heavy atom. The average molecular weight is 247 g/mol. The van der Waals surface area contributed by atoms with Gasteiger partial charge in [0, 0.05) is 12.6 Å². The molecule has 1 saturated carbocycles. The van der Waals surface area contributed by atoms with E-state index in [1.54, 1.807) is 0 Å². The molecule has 0 spiro atoms. The molecule has 0 aromatic heterocycles. The molecule has 0 radical (unpaired) electrons. The minimum atomic E-state index is -3.13. The van der Waals surface area contributed by atoms with Gasteiger partial charge in [-0.2, -0.15) is 4.31 Å². The highest BCUT2D eigenvalue weighted by molar-refractivity contribution is 7.89. The molecule has 3 unspecified atom stereocenters. The lowest BCUT2D eigenvalue weighted by molar-refractivity contribution is -0.141. The third-order valence-electron chi connectivity index (χ3n) is 3.51. The molecule has 92 valence electrons. The van der Waals surface area contributed by atoms with Crippen LogP contribution in [0, 0.1) is 11.8 Å². The smallest absolute Gasteiger partial charge is 0.306 e. The molecule has 0 amide bonds. The Kier molecular flexibility index (Phi) is 2.96. The zero-order valence-corrected chi connectivity index (χ0v) is 10.1. The molecule has 2 rings (SSSR count). The Morgan fingerprint density at radius 3 is 2.50 bits per heavy atom. The summed E-state index contributed by atoms with van der Waals surface area (Å²) in [6.07, 6.45) is 1.75. The monoisotopic (exact) mass is 247 g/mol. The lowest BCUT2D eigenvalue weighted by Gasteiger charge is -2.22. The van der Waals surface area contributed by atoms with E-state index in [0.29, 0.717) is 25.8 Å². The van der Waals surface area contributed by atoms with Gasteiger partial charge in [0.15, 0.2) is 0 Å². The first-order valence-corrected chi connectivity index (χ1v) is 7.23. The van der Waals surface area contributed by atoms with Gasteiger partial charge in [-0.1, -0.05) is 6.92 Å². The SMILES string of the molecule is CC1CN(C2CCC(C(=O)O)C2)S(=O)(=O)C1. The van der Waals surface area contributed by atoms with Crippen molar-refractivity contribution in [1.82, 2.24) is 4.31 Å². The van der Waals surface area contributed by atoms with Crippen molar-refractivity contribution >= 4 is 16.0 Å². The second kappa shape index (κ2) is 4.00. The van der Waals surface area contributed by atoms with Crippen LogP contribution in [-0.4, -0.2) is 42.1 Å². The van der Waals surface area contributed by atoms with Crippen LogP contribution in [0.15, 0.2) is 0 Å². The van der Waals surface area contributed by atoms with Crippen molar-refractivity contribution in [3.63, 3.8) is 0 Å². The van der Waals surface area contributed by atoms with Gasteiger partial charge in [0.2, 0.25) is 10.0 Å². The molecule has 6 heteroatoms. The zero-order valence-electron chi connectivity index (χ0n) is 9.30. The third kappa shape index (κ3) is 2.08. The summed E-state index contributed by atoms with van der Waals surface area (Å²) in [5, 5.41) is 8.89. The summed E-state index contributed by atoms with van der Waals surface area (Å²) >= 11 is 0. The molecule has 1 heterocycles. The van der Waals surface area contributed by atoms with Gasteiger partial charge in [0.1, 0.15) is 0 Å². The van der Waals surface area contributed by atoms with Crippen molar-refractivity contribution in [2.75, 3.05) is 12.3 Å². The fourth-order valence-electron chi connectivity index (χ4n) is 2.75. The minimum Gasteiger partial charge on any atom is -0.481 e. The van der Waals surface area contributed by atoms with Crippen LogP contribution in [0.5, 0.6) is 0 Å². The summed E-state index contributed by atoms with van der Waals surface area (Å²) in [6.45, 7) is 2.47. The molecule has 1 aliphatic carbocycles. The number of carbonyl (C=O) groups is 1. The number of sulfonamides is 1. The Labute approximate surface area is 95.5 Å². The van der Waals surface area contributed by atoms with E-state index in [4.69, 9.17) is 5.11 Å². The maximum Gasteiger partial charge on any atom is 0.306 e. The van der Waals surface area contributed by atoms with Gasteiger partial charge in [0.25, 0.3) is 0 Å². The predicted molar refractivity (Wildman–Crippen MR) is 58.4 cm³/mol. The highest BCUT2D eigenvalue weighted by Gasteiger charge is 2.42. The highest BCUT2D eigenvalue weighted by Crippen LogP contribution is 2.34. The first kappa shape index (κ1) is 11.9. The summed E-state index contributed by atoms with van der Waals surface area (Å²) in [4.78, 5) is 10.8. The molecule has 1 aliphatic heterocycles. The number of aliphatic carboxylic acids is 1. The summed E-state index contributed by atoms with van der Waals surface area (Å²) in [5.41, 5.74) is 0. The number of hydrogen-bond donors (Lipinski definition) is 1. The van der Waals surface area contributed by atoms with E-state index in [-0.39, 0.29) is 23.6 Å². The summed E-state index contributed by atoms with van der Waals surface area (Å²) in [6, 6.07) is -0.0870. The molecule has 2 aliphatic rings. The Hall–Kier alpha value is -0.620. The lowest BCUT2D eigenvalue weighted by atomic mass is 10.1. The summed E-state index contributed by atoms with van der Waals surface area (Å²) < 4.78 is 25.2. The second-order valence-corrected chi connectivity index (χ2v) is 6.92. The quantitative estimate of drug-likeness (QED) is 0.772. The lowest BCUT2D eigenvalue weighted by Crippen LogP contribution is -2.35. The highest BCUT2D eigenvalue weighted by atomic mass is 32.2. The fourth-order valence-corrected chi connectivity index (χ4v) is 4.89. The Morgan fingerprint density at radius 1 is 1.38 bits per heavy atom. The summed E-state index contributed by atoms with van der Waals surface area (Å²) in [7, 11) is -3.13. The van der Waals surface area contributed by atoms with Gasteiger partial charge >= 0.3 is 5.97 Å². The van der Waals surface area contributed by atoms with Crippen molar-refractivity contribution in [2.24, 2.45) is 11.8 Å². The maximum absolute atomic E-state index is 11.8. The molecule has 0 bridgehead atoms. The zero-order chi connectivity index (χ0) is 11.9. The maximum atomic E-state index is 11.8. The van der Waals surface area contributed by atoms with E-state index in [9.17, 15) is 13.2 Å². The minimum absolute atomic E-state index is 0.0870. The number of rotatable bonds is 2. The van der Waals surface area contributed by atoms with Crippen LogP contribution in [0.2, 0.25) is 0 Å². The van der Waals surface area contributed by atoms with Crippen LogP contribution in [0.4, 0.5) is 0 Å². The van der Waals surface area contributed by atoms with Crippen LogP contribution in [0.1, 0.15) is 26.2 Å². The van der Waals surface area contributed by atoms with E-state index in [0.717, 1.165) is 0 Å². The average Bonchev–Trinajstić information content (AvgIpc) is 2.69. The first-order chi connectivity index (χ1) is 7.40. The van der Waals surface area contributed by atoms with Crippen molar-refractivity contribution in [1.29, 1.82) is 0 Å². The number of nitrogens with zero attached hydrogens (tertiary/aromatic N) is 1. The van der Waals surface area contributed by atoms with E-state index in [2.05, 4.69) is 0 Å². The van der Waals surface area contributed by atoms with Gasteiger partial charge in [-0.15, -0.1) is 0 Å². The van der Waals surface area contributed by atoms with E-state index in [1.807, 2.05) is 6.92 Å². The fraction of sp³-hybridized carbons (Fsp3) is 0.900. The van der Waals surface area contributed by atoms with Crippen LogP contribution in [0.3, 0.4) is 0 Å². The van der Waals surface area contributed by atoms with Gasteiger partial charge in [-0.05, 0) is 25.2 Å². The standard InChI is InChI=1S/C10H17NO4S/c1-7-5-11(16(14,15)6-7)9-3-2-8(4-9)10(12)13/h7-9H,2-6H2,1H3,(H,12,13). The molecular weight excluding hydrogens is 230 g/mol. The molecule has 16 heavy (non-hydrogen) atoms. The number of carboxylic acid groups (broad SMARTS) is 1. The Balaban J connectivity index is 2.08. The molecule has 2 fully saturated rings. The molecule has 5 nitrogen and oxygen atoms in total. The molecular formula is C10H17NO4S. The van der Waals surface area contributed by atoms with Crippen LogP contribution in [-0.2, 0) is 14.8 Å². The molecule has 3 atom stereocenters. The number of hydrogen-bond acceptors (Lipinski definition) is 3. The molecule has 0 aromatic rings. The Bertz CT molecular complexity index is 392. The van der Waals surface area contributed by atoms with Gasteiger partial charge < -0.3 is 5.11 Å². The second-order valence-electron chi connectivity index (χ2n) is 4.96. The van der Waals surface area contributed by atoms with Crippen LogP contribution < -0.4 is 0 Å². The largest absolute Gasteiger partial charge is 0.481 e. The number of carboxylic acids is 1. The van der Waals surface area contributed by atoms with Gasteiger partial charge in [-0.25, -0.2) is 8.42 Å². The van der Waals surface area contributed by atoms with E-state index in [1.165, 1.54) is 4.31 Å². The van der Waals surface area contributed by atoms with Gasteiger partial charge in [0.05, 0.1) is 11.7 Å². The third-order valence-corrected chi connectivity index (χ3v) is 5.66. The van der Waals surface area contributed by atoms with Crippen molar-refractivity contribution < 1.29 is 18.3 Å². The first-order valence-electron chi connectivity index (χ1n) is 5.62. The predicted octanol–water partition coefficient (Wildman–Crippen LogP) is 0.521. The molecule has 1 saturated heterocycles. The van der Waals surface area contributed by atoms with Crippen LogP contribution >= 0.6 is 0 Å². The van der Waals surface area contributed by atoms with E-state index < -0.39 is 16.0 Å². The van der Waals surface area contributed by atoms with Gasteiger partial charge in [-0.3, -0.25) is 4.79 Å². The molecule has 0 aromatic carbocycles. The normalized spacial score (nSPS) is 38.9. The van der Waals surface area contributed by atoms with Crippen molar-refractivity contribution in [3.05, 3.63) is 0 Å². The summed E-state index contributed by atoms with van der Waals surface area (Å²) in [5.74, 6) is -0.793. The van der Waals surface area contributed by atoms with Crippen LogP contribution in [0.25, 0.3) is 0 Å². The molecule has 1 N–H and O–H groups in total. The van der Waals surface area contributed by atoms with Crippen molar-refractivity contribution in [3.8, 4) is 0 Å². The topological polar surface area (TPSA) is 74.7 Å².